The first-order chi connectivity index (χ1) is 16.8. The van der Waals surface area contributed by atoms with E-state index in [2.05, 4.69) is 5.32 Å². The van der Waals surface area contributed by atoms with Crippen LogP contribution in [-0.2, 0) is 25.6 Å². The molecule has 4 atom stereocenters. The second-order valence-corrected chi connectivity index (χ2v) is 9.06. The Morgan fingerprint density at radius 2 is 2.06 bits per heavy atom. The first-order valence-corrected chi connectivity index (χ1v) is 11.6. The summed E-state index contributed by atoms with van der Waals surface area (Å²) in [5, 5.41) is 2.92. The van der Waals surface area contributed by atoms with E-state index in [-0.39, 0.29) is 41.6 Å². The van der Waals surface area contributed by atoms with Gasteiger partial charge in [-0.25, -0.2) is 4.39 Å². The van der Waals surface area contributed by atoms with Gasteiger partial charge in [-0.3, -0.25) is 9.59 Å². The van der Waals surface area contributed by atoms with Crippen molar-refractivity contribution in [2.24, 2.45) is 11.8 Å². The Bertz CT molecular complexity index is 1220. The number of amides is 1. The number of furan rings is 1. The molecule has 2 aromatic rings. The second kappa shape index (κ2) is 10.0. The molecule has 4 rings (SSSR count). The van der Waals surface area contributed by atoms with Gasteiger partial charge in [-0.1, -0.05) is 31.6 Å². The number of ether oxygens (including phenoxy) is 2. The van der Waals surface area contributed by atoms with Gasteiger partial charge in [0.15, 0.2) is 5.76 Å². The van der Waals surface area contributed by atoms with E-state index < -0.39 is 12.0 Å². The number of allylic oxidation sites excluding steroid dienone is 4. The molecule has 0 fully saturated rings. The molecule has 2 aliphatic carbocycles. The van der Waals surface area contributed by atoms with E-state index in [0.29, 0.717) is 5.76 Å². The van der Waals surface area contributed by atoms with Crippen LogP contribution in [0.5, 0.6) is 0 Å². The highest BCUT2D eigenvalue weighted by Gasteiger charge is 2.38. The molecule has 0 bridgehead atoms. The molecule has 0 saturated carbocycles. The Morgan fingerprint density at radius 1 is 1.29 bits per heavy atom. The summed E-state index contributed by atoms with van der Waals surface area (Å²) in [5.74, 6) is -0.738. The number of rotatable bonds is 7. The molecule has 1 aromatic carbocycles. The van der Waals surface area contributed by atoms with Crippen molar-refractivity contribution in [3.63, 3.8) is 0 Å². The molecule has 2 aliphatic rings. The predicted octanol–water partition coefficient (Wildman–Crippen LogP) is 4.93. The lowest BCUT2D eigenvalue weighted by Gasteiger charge is -2.28. The minimum absolute atomic E-state index is 0.146. The Hall–Kier alpha value is -3.45. The fourth-order valence-electron chi connectivity index (χ4n) is 5.09. The molecule has 0 saturated heterocycles. The molecule has 0 radical (unpaired) electrons. The lowest BCUT2D eigenvalue weighted by atomic mass is 9.83. The summed E-state index contributed by atoms with van der Waals surface area (Å²) in [4.78, 5) is 25.6. The molecule has 0 spiro atoms. The summed E-state index contributed by atoms with van der Waals surface area (Å²) in [5.41, 5.74) is 4.39. The zero-order chi connectivity index (χ0) is 25.3. The van der Waals surface area contributed by atoms with Gasteiger partial charge in [0, 0.05) is 24.9 Å². The van der Waals surface area contributed by atoms with Crippen LogP contribution in [-0.4, -0.2) is 32.0 Å². The third kappa shape index (κ3) is 4.60. The highest BCUT2D eigenvalue weighted by atomic mass is 19.1. The minimum Gasteiger partial charge on any atom is -0.493 e. The number of benzene rings is 1. The fraction of sp³-hybridized carbons (Fsp3) is 0.357. The number of Topliss-reactive ketones (excluding diaryl/α,β-unsaturated/α-hetero) is 1. The van der Waals surface area contributed by atoms with Gasteiger partial charge in [0.2, 0.25) is 11.7 Å². The van der Waals surface area contributed by atoms with Crippen molar-refractivity contribution in [2.75, 3.05) is 14.2 Å². The first-order valence-electron chi connectivity index (χ1n) is 11.6. The molecular weight excluding hydrogens is 449 g/mol. The number of hydrogen-bond acceptors (Lipinski definition) is 5. The standard InChI is InChI=1S/C28H30FNO5/c1-15-18(12-24(33-4)26(31)27(15)34-5)11-22-16(2)25(23-13-19(29)8-9-21(22)23)17(3)28(32)30-14-20-7-6-10-35-20/h6-13,15,17,25,27H,14H2,1-5H3,(H,30,32)/b18-11+. The number of halogens is 1. The van der Waals surface area contributed by atoms with Crippen molar-refractivity contribution >= 4 is 17.3 Å². The second-order valence-electron chi connectivity index (χ2n) is 9.06. The Labute approximate surface area is 204 Å². The van der Waals surface area contributed by atoms with Gasteiger partial charge in [-0.05, 0) is 59.5 Å². The highest BCUT2D eigenvalue weighted by molar-refractivity contribution is 6.00. The Kier molecular flexibility index (Phi) is 7.08. The van der Waals surface area contributed by atoms with Crippen molar-refractivity contribution < 1.29 is 27.9 Å². The summed E-state index contributed by atoms with van der Waals surface area (Å²) in [6.07, 6.45) is 4.64. The van der Waals surface area contributed by atoms with E-state index in [1.165, 1.54) is 26.4 Å². The monoisotopic (exact) mass is 479 g/mol. The van der Waals surface area contributed by atoms with Crippen LogP contribution in [0.25, 0.3) is 5.57 Å². The average Bonchev–Trinajstić information content (AvgIpc) is 3.45. The zero-order valence-electron chi connectivity index (χ0n) is 20.6. The van der Waals surface area contributed by atoms with Crippen molar-refractivity contribution in [3.05, 3.63) is 88.4 Å². The van der Waals surface area contributed by atoms with E-state index in [0.717, 1.165) is 27.8 Å². The summed E-state index contributed by atoms with van der Waals surface area (Å²) in [6.45, 7) is 6.04. The van der Waals surface area contributed by atoms with Crippen LogP contribution in [0.1, 0.15) is 43.6 Å². The predicted molar refractivity (Wildman–Crippen MR) is 130 cm³/mol. The average molecular weight is 480 g/mol. The maximum atomic E-state index is 14.3. The van der Waals surface area contributed by atoms with Gasteiger partial charge < -0.3 is 19.2 Å². The number of ketones is 1. The SMILES string of the molecule is COC1=C/C(=C\C2=C(C)C(C(C)C(=O)NCc3ccco3)c3cc(F)ccc32)C(C)C(OC)C1=O. The number of hydrogen-bond donors (Lipinski definition) is 1. The van der Waals surface area contributed by atoms with Crippen LogP contribution in [0, 0.1) is 17.7 Å². The summed E-state index contributed by atoms with van der Waals surface area (Å²) >= 11 is 0. The molecule has 1 aromatic heterocycles. The smallest absolute Gasteiger partial charge is 0.226 e. The van der Waals surface area contributed by atoms with E-state index >= 15 is 0 Å². The van der Waals surface area contributed by atoms with Crippen LogP contribution in [0.15, 0.2) is 70.1 Å². The highest BCUT2D eigenvalue weighted by Crippen LogP contribution is 2.47. The van der Waals surface area contributed by atoms with Gasteiger partial charge >= 0.3 is 0 Å². The van der Waals surface area contributed by atoms with Crippen LogP contribution in [0.3, 0.4) is 0 Å². The van der Waals surface area contributed by atoms with Crippen molar-refractivity contribution in [1.29, 1.82) is 0 Å². The molecule has 6 nitrogen and oxygen atoms in total. The van der Waals surface area contributed by atoms with E-state index in [1.54, 1.807) is 30.5 Å². The molecule has 7 heteroatoms. The van der Waals surface area contributed by atoms with Crippen LogP contribution >= 0.6 is 0 Å². The van der Waals surface area contributed by atoms with Crippen LogP contribution < -0.4 is 5.32 Å². The van der Waals surface area contributed by atoms with Crippen molar-refractivity contribution in [3.8, 4) is 0 Å². The normalized spacial score (nSPS) is 23.8. The van der Waals surface area contributed by atoms with Gasteiger partial charge in [0.05, 0.1) is 19.9 Å². The lowest BCUT2D eigenvalue weighted by Crippen LogP contribution is -2.36. The molecule has 35 heavy (non-hydrogen) atoms. The lowest BCUT2D eigenvalue weighted by molar-refractivity contribution is -0.130. The maximum absolute atomic E-state index is 14.3. The van der Waals surface area contributed by atoms with Crippen molar-refractivity contribution in [1.82, 2.24) is 5.32 Å². The van der Waals surface area contributed by atoms with E-state index in [4.69, 9.17) is 13.9 Å². The van der Waals surface area contributed by atoms with Gasteiger partial charge in [-0.15, -0.1) is 0 Å². The van der Waals surface area contributed by atoms with Gasteiger partial charge in [0.25, 0.3) is 0 Å². The van der Waals surface area contributed by atoms with Crippen LogP contribution in [0.2, 0.25) is 0 Å². The Morgan fingerprint density at radius 3 is 2.71 bits per heavy atom. The molecule has 184 valence electrons. The van der Waals surface area contributed by atoms with Gasteiger partial charge in [-0.2, -0.15) is 0 Å². The summed E-state index contributed by atoms with van der Waals surface area (Å²) in [6, 6.07) is 8.25. The number of carbonyl (C=O) groups excluding carboxylic acids is 2. The molecular formula is C28H30FNO5. The third-order valence-corrected chi connectivity index (χ3v) is 7.02. The number of nitrogens with one attached hydrogen (secondary N) is 1. The summed E-state index contributed by atoms with van der Waals surface area (Å²) < 4.78 is 30.4. The Balaban J connectivity index is 1.72. The number of methoxy groups -OCH3 is 2. The third-order valence-electron chi connectivity index (χ3n) is 7.02. The molecule has 1 heterocycles. The zero-order valence-corrected chi connectivity index (χ0v) is 20.6. The molecule has 1 N–H and O–H groups in total. The molecule has 4 unspecified atom stereocenters. The number of fused-ring (bicyclic) bond motifs is 1. The molecule has 1 amide bonds. The van der Waals surface area contributed by atoms with E-state index in [9.17, 15) is 14.0 Å². The maximum Gasteiger partial charge on any atom is 0.226 e. The van der Waals surface area contributed by atoms with E-state index in [1.807, 2.05) is 26.8 Å². The van der Waals surface area contributed by atoms with Crippen molar-refractivity contribution in [2.45, 2.75) is 39.3 Å². The fourth-order valence-corrected chi connectivity index (χ4v) is 5.09. The minimum atomic E-state index is -0.654. The van der Waals surface area contributed by atoms with Gasteiger partial charge in [0.1, 0.15) is 17.7 Å². The first kappa shape index (κ1) is 24.7. The quantitative estimate of drug-likeness (QED) is 0.609. The largest absolute Gasteiger partial charge is 0.493 e. The van der Waals surface area contributed by atoms with Crippen LogP contribution in [0.4, 0.5) is 4.39 Å². The summed E-state index contributed by atoms with van der Waals surface area (Å²) in [7, 11) is 2.97. The molecule has 0 aliphatic heterocycles. The number of carbonyl (C=O) groups is 2. The topological polar surface area (TPSA) is 77.8 Å².